The van der Waals surface area contributed by atoms with Gasteiger partial charge in [-0.3, -0.25) is 0 Å². The van der Waals surface area contributed by atoms with Crippen LogP contribution < -0.4 is 5.32 Å². The molecule has 0 rings (SSSR count). The quantitative estimate of drug-likeness (QED) is 0.589. The molecule has 13 heavy (non-hydrogen) atoms. The van der Waals surface area contributed by atoms with E-state index in [0.29, 0.717) is 6.04 Å². The van der Waals surface area contributed by atoms with E-state index in [1.807, 2.05) is 0 Å². The lowest BCUT2D eigenvalue weighted by atomic mass is 10.0. The first-order chi connectivity index (χ1) is 6.22. The Bertz CT molecular complexity index is 104. The van der Waals surface area contributed by atoms with Crippen LogP contribution in [-0.2, 0) is 4.74 Å². The summed E-state index contributed by atoms with van der Waals surface area (Å²) in [4.78, 5) is 0. The Morgan fingerprint density at radius 3 is 2.31 bits per heavy atom. The average molecular weight is 187 g/mol. The van der Waals surface area contributed by atoms with Crippen LogP contribution >= 0.6 is 0 Å². The lowest BCUT2D eigenvalue weighted by Gasteiger charge is -2.20. The normalized spacial score (nSPS) is 13.6. The van der Waals surface area contributed by atoms with Crippen molar-refractivity contribution in [2.24, 2.45) is 5.92 Å². The van der Waals surface area contributed by atoms with Gasteiger partial charge in [0.1, 0.15) is 0 Å². The largest absolute Gasteiger partial charge is 0.380 e. The van der Waals surface area contributed by atoms with Gasteiger partial charge in [0.25, 0.3) is 0 Å². The van der Waals surface area contributed by atoms with Crippen molar-refractivity contribution in [3.63, 3.8) is 0 Å². The Hall–Kier alpha value is -0.0800. The molecule has 0 aliphatic rings. The summed E-state index contributed by atoms with van der Waals surface area (Å²) in [5.74, 6) is 0.719. The summed E-state index contributed by atoms with van der Waals surface area (Å²) in [5.41, 5.74) is 0. The van der Waals surface area contributed by atoms with E-state index in [4.69, 9.17) is 4.74 Å². The van der Waals surface area contributed by atoms with Crippen LogP contribution in [0.2, 0.25) is 0 Å². The van der Waals surface area contributed by atoms with Crippen LogP contribution in [0.1, 0.15) is 40.5 Å². The van der Waals surface area contributed by atoms with E-state index in [1.54, 1.807) is 0 Å². The minimum Gasteiger partial charge on any atom is -0.380 e. The second-order valence-electron chi connectivity index (χ2n) is 3.83. The fourth-order valence-corrected chi connectivity index (χ4v) is 1.41. The van der Waals surface area contributed by atoms with Gasteiger partial charge in [0.05, 0.1) is 6.61 Å². The maximum Gasteiger partial charge on any atom is 0.0590 e. The first-order valence-electron chi connectivity index (χ1n) is 5.53. The van der Waals surface area contributed by atoms with Gasteiger partial charge in [-0.2, -0.15) is 0 Å². The Morgan fingerprint density at radius 1 is 1.15 bits per heavy atom. The molecule has 1 unspecified atom stereocenters. The second kappa shape index (κ2) is 8.52. The van der Waals surface area contributed by atoms with E-state index in [9.17, 15) is 0 Å². The van der Waals surface area contributed by atoms with Gasteiger partial charge in [0.2, 0.25) is 0 Å². The third kappa shape index (κ3) is 7.03. The molecule has 0 spiro atoms. The van der Waals surface area contributed by atoms with Crippen molar-refractivity contribution in [2.75, 3.05) is 19.8 Å². The van der Waals surface area contributed by atoms with Crippen molar-refractivity contribution in [3.05, 3.63) is 0 Å². The molecule has 0 fully saturated rings. The van der Waals surface area contributed by atoms with Crippen molar-refractivity contribution in [2.45, 2.75) is 46.6 Å². The summed E-state index contributed by atoms with van der Waals surface area (Å²) in [6, 6.07) is 0.644. The van der Waals surface area contributed by atoms with Gasteiger partial charge in [0, 0.05) is 19.2 Å². The predicted octanol–water partition coefficient (Wildman–Crippen LogP) is 2.44. The Kier molecular flexibility index (Phi) is 8.46. The molecule has 0 saturated carbocycles. The third-order valence-corrected chi connectivity index (χ3v) is 2.25. The van der Waals surface area contributed by atoms with Gasteiger partial charge >= 0.3 is 0 Å². The second-order valence-corrected chi connectivity index (χ2v) is 3.83. The SMILES string of the molecule is CCCOCCNC(CC)C(C)C. The molecule has 0 amide bonds. The lowest BCUT2D eigenvalue weighted by Crippen LogP contribution is -2.35. The van der Waals surface area contributed by atoms with Crippen molar-refractivity contribution in [3.8, 4) is 0 Å². The highest BCUT2D eigenvalue weighted by molar-refractivity contribution is 4.67. The van der Waals surface area contributed by atoms with Crippen LogP contribution in [0.4, 0.5) is 0 Å². The van der Waals surface area contributed by atoms with E-state index < -0.39 is 0 Å². The predicted molar refractivity (Wildman–Crippen MR) is 58.0 cm³/mol. The van der Waals surface area contributed by atoms with Gasteiger partial charge < -0.3 is 10.1 Å². The van der Waals surface area contributed by atoms with E-state index in [0.717, 1.165) is 32.1 Å². The third-order valence-electron chi connectivity index (χ3n) is 2.25. The summed E-state index contributed by atoms with van der Waals surface area (Å²) in [6.45, 7) is 11.6. The minimum atomic E-state index is 0.644. The zero-order chi connectivity index (χ0) is 10.1. The Morgan fingerprint density at radius 2 is 1.85 bits per heavy atom. The van der Waals surface area contributed by atoms with Gasteiger partial charge in [0.15, 0.2) is 0 Å². The van der Waals surface area contributed by atoms with Gasteiger partial charge in [-0.1, -0.05) is 27.7 Å². The molecule has 2 nitrogen and oxygen atoms in total. The molecule has 0 aromatic carbocycles. The number of nitrogens with one attached hydrogen (secondary N) is 1. The summed E-state index contributed by atoms with van der Waals surface area (Å²) in [5, 5.41) is 3.50. The number of hydrogen-bond acceptors (Lipinski definition) is 2. The van der Waals surface area contributed by atoms with Crippen LogP contribution in [-0.4, -0.2) is 25.8 Å². The first-order valence-corrected chi connectivity index (χ1v) is 5.53. The number of hydrogen-bond donors (Lipinski definition) is 1. The fraction of sp³-hybridized carbons (Fsp3) is 1.00. The zero-order valence-electron chi connectivity index (χ0n) is 9.60. The average Bonchev–Trinajstić information content (AvgIpc) is 2.10. The molecule has 0 bridgehead atoms. The Labute approximate surface area is 83.1 Å². The van der Waals surface area contributed by atoms with Crippen LogP contribution in [0, 0.1) is 5.92 Å². The maximum absolute atomic E-state index is 5.39. The van der Waals surface area contributed by atoms with Gasteiger partial charge in [-0.05, 0) is 18.8 Å². The van der Waals surface area contributed by atoms with Crippen molar-refractivity contribution >= 4 is 0 Å². The molecule has 0 heterocycles. The molecule has 0 aliphatic carbocycles. The summed E-state index contributed by atoms with van der Waals surface area (Å²) in [7, 11) is 0. The molecule has 1 N–H and O–H groups in total. The van der Waals surface area contributed by atoms with E-state index >= 15 is 0 Å². The molecule has 80 valence electrons. The standard InChI is InChI=1S/C11H25NO/c1-5-8-13-9-7-12-11(6-2)10(3)4/h10-12H,5-9H2,1-4H3. The molecule has 2 heteroatoms. The zero-order valence-corrected chi connectivity index (χ0v) is 9.60. The highest BCUT2D eigenvalue weighted by Gasteiger charge is 2.08. The Balaban J connectivity index is 3.28. The van der Waals surface area contributed by atoms with E-state index in [1.165, 1.54) is 6.42 Å². The van der Waals surface area contributed by atoms with Crippen molar-refractivity contribution in [1.29, 1.82) is 0 Å². The lowest BCUT2D eigenvalue weighted by molar-refractivity contribution is 0.132. The number of ether oxygens (including phenoxy) is 1. The summed E-state index contributed by atoms with van der Waals surface area (Å²) >= 11 is 0. The van der Waals surface area contributed by atoms with Crippen LogP contribution in [0.15, 0.2) is 0 Å². The molecule has 0 aromatic heterocycles. The summed E-state index contributed by atoms with van der Waals surface area (Å²) in [6.07, 6.45) is 2.31. The topological polar surface area (TPSA) is 21.3 Å². The van der Waals surface area contributed by atoms with Crippen LogP contribution in [0.25, 0.3) is 0 Å². The van der Waals surface area contributed by atoms with E-state index in [2.05, 4.69) is 33.0 Å². The number of rotatable bonds is 8. The fourth-order valence-electron chi connectivity index (χ4n) is 1.41. The van der Waals surface area contributed by atoms with E-state index in [-0.39, 0.29) is 0 Å². The molecular weight excluding hydrogens is 162 g/mol. The first kappa shape index (κ1) is 12.9. The molecule has 0 aliphatic heterocycles. The molecular formula is C11H25NO. The highest BCUT2D eigenvalue weighted by Crippen LogP contribution is 2.04. The summed E-state index contributed by atoms with van der Waals surface area (Å²) < 4.78 is 5.39. The molecule has 0 saturated heterocycles. The van der Waals surface area contributed by atoms with Crippen LogP contribution in [0.3, 0.4) is 0 Å². The molecule has 0 radical (unpaired) electrons. The van der Waals surface area contributed by atoms with Crippen LogP contribution in [0.5, 0.6) is 0 Å². The highest BCUT2D eigenvalue weighted by atomic mass is 16.5. The smallest absolute Gasteiger partial charge is 0.0590 e. The molecule has 1 atom stereocenters. The molecule has 0 aromatic rings. The van der Waals surface area contributed by atoms with Crippen molar-refractivity contribution in [1.82, 2.24) is 5.32 Å². The monoisotopic (exact) mass is 187 g/mol. The van der Waals surface area contributed by atoms with Crippen molar-refractivity contribution < 1.29 is 4.74 Å². The maximum atomic E-state index is 5.39. The van der Waals surface area contributed by atoms with Gasteiger partial charge in [-0.15, -0.1) is 0 Å². The van der Waals surface area contributed by atoms with Gasteiger partial charge in [-0.25, -0.2) is 0 Å². The minimum absolute atomic E-state index is 0.644.